The number of hydrogen-bond donors (Lipinski definition) is 1. The van der Waals surface area contributed by atoms with Gasteiger partial charge in [0.05, 0.1) is 25.5 Å². The summed E-state index contributed by atoms with van der Waals surface area (Å²) >= 11 is 0. The van der Waals surface area contributed by atoms with Crippen LogP contribution >= 0.6 is 0 Å². The zero-order valence-electron chi connectivity index (χ0n) is 21.0. The van der Waals surface area contributed by atoms with E-state index in [-0.39, 0.29) is 12.1 Å². The van der Waals surface area contributed by atoms with Gasteiger partial charge in [0, 0.05) is 18.2 Å². The summed E-state index contributed by atoms with van der Waals surface area (Å²) in [4.78, 5) is 25.0. The molecule has 0 unspecified atom stereocenters. The molecule has 1 N–H and O–H groups in total. The van der Waals surface area contributed by atoms with Gasteiger partial charge in [-0.3, -0.25) is 4.57 Å². The number of piperidine rings is 1. The molecule has 0 saturated carbocycles. The maximum absolute atomic E-state index is 14.5. The van der Waals surface area contributed by atoms with Crippen LogP contribution < -0.4 is 15.7 Å². The number of fused-ring (bicyclic) bond motifs is 1. The Morgan fingerprint density at radius 3 is 2.57 bits per heavy atom. The van der Waals surface area contributed by atoms with Gasteiger partial charge < -0.3 is 15.0 Å². The summed E-state index contributed by atoms with van der Waals surface area (Å²) in [5, 5.41) is 3.29. The van der Waals surface area contributed by atoms with Crippen molar-refractivity contribution in [2.75, 3.05) is 39.1 Å². The van der Waals surface area contributed by atoms with Crippen molar-refractivity contribution in [1.82, 2.24) is 24.0 Å². The van der Waals surface area contributed by atoms with Gasteiger partial charge in [-0.15, -0.1) is 0 Å². The van der Waals surface area contributed by atoms with Crippen molar-refractivity contribution in [3.8, 4) is 11.4 Å². The van der Waals surface area contributed by atoms with Gasteiger partial charge in [0.2, 0.25) is 5.95 Å². The molecule has 1 fully saturated rings. The summed E-state index contributed by atoms with van der Waals surface area (Å²) < 4.78 is 36.9. The van der Waals surface area contributed by atoms with Crippen LogP contribution in [0, 0.1) is 17.6 Å². The number of methoxy groups -OCH3 is 1. The minimum atomic E-state index is -0.720. The summed E-state index contributed by atoms with van der Waals surface area (Å²) in [5.74, 6) is 0.172. The molecule has 0 radical (unpaired) electrons. The molecule has 1 aliphatic rings. The molecule has 1 saturated heterocycles. The van der Waals surface area contributed by atoms with Crippen molar-refractivity contribution >= 4 is 17.1 Å². The number of nitrogens with zero attached hydrogens (tertiary/aromatic N) is 5. The van der Waals surface area contributed by atoms with Crippen molar-refractivity contribution in [1.29, 1.82) is 0 Å². The van der Waals surface area contributed by atoms with Crippen molar-refractivity contribution in [3.63, 3.8) is 0 Å². The fourth-order valence-electron chi connectivity index (χ4n) is 4.84. The quantitative estimate of drug-likeness (QED) is 0.387. The molecule has 8 nitrogen and oxygen atoms in total. The molecule has 5 rings (SSSR count). The first-order valence-electron chi connectivity index (χ1n) is 12.4. The molecule has 0 bridgehead atoms. The topological polar surface area (TPSA) is 77.2 Å². The van der Waals surface area contributed by atoms with Crippen LogP contribution in [0.2, 0.25) is 0 Å². The second kappa shape index (κ2) is 10.7. The number of rotatable bonds is 8. The third kappa shape index (κ3) is 5.20. The van der Waals surface area contributed by atoms with E-state index >= 15 is 0 Å². The molecule has 2 aromatic carbocycles. The van der Waals surface area contributed by atoms with Crippen molar-refractivity contribution in [3.05, 3.63) is 76.3 Å². The highest BCUT2D eigenvalue weighted by molar-refractivity contribution is 5.74. The summed E-state index contributed by atoms with van der Waals surface area (Å²) in [5.41, 5.74) is 0.555. The summed E-state index contributed by atoms with van der Waals surface area (Å²) in [6.45, 7) is 2.63. The second-order valence-electron chi connectivity index (χ2n) is 9.47. The zero-order chi connectivity index (χ0) is 25.9. The molecule has 0 atom stereocenters. The van der Waals surface area contributed by atoms with E-state index in [1.165, 1.54) is 46.4 Å². The fourth-order valence-corrected chi connectivity index (χ4v) is 4.84. The summed E-state index contributed by atoms with van der Waals surface area (Å²) in [6, 6.07) is 10.6. The first-order chi connectivity index (χ1) is 17.9. The van der Waals surface area contributed by atoms with E-state index in [0.29, 0.717) is 41.0 Å². The van der Waals surface area contributed by atoms with Crippen LogP contribution in [0.25, 0.3) is 16.9 Å². The van der Waals surface area contributed by atoms with Crippen molar-refractivity contribution in [2.45, 2.75) is 25.8 Å². The number of anilines is 1. The highest BCUT2D eigenvalue weighted by Crippen LogP contribution is 2.23. The fraction of sp³-hybridized carbons (Fsp3) is 0.370. The van der Waals surface area contributed by atoms with E-state index in [0.717, 1.165) is 19.5 Å². The Bertz CT molecular complexity index is 1440. The average molecular weight is 509 g/mol. The minimum absolute atomic E-state index is 0.199. The van der Waals surface area contributed by atoms with Crippen LogP contribution in [0.4, 0.5) is 14.7 Å². The van der Waals surface area contributed by atoms with Crippen LogP contribution in [0.1, 0.15) is 24.8 Å². The maximum Gasteiger partial charge on any atom is 0.335 e. The third-order valence-electron chi connectivity index (χ3n) is 7.04. The summed E-state index contributed by atoms with van der Waals surface area (Å²) in [6.07, 6.45) is 4.87. The maximum atomic E-state index is 14.5. The minimum Gasteiger partial charge on any atom is -0.497 e. The van der Waals surface area contributed by atoms with E-state index in [1.807, 2.05) is 0 Å². The van der Waals surface area contributed by atoms with Crippen LogP contribution in [-0.2, 0) is 6.54 Å². The molecule has 0 aliphatic carbocycles. The number of benzene rings is 2. The Labute approximate surface area is 213 Å². The number of likely N-dealkylation sites (tertiary alicyclic amines) is 1. The Hall–Kier alpha value is -3.79. The molecular formula is C27H30F2N6O2. The van der Waals surface area contributed by atoms with Crippen molar-refractivity contribution < 1.29 is 13.5 Å². The lowest BCUT2D eigenvalue weighted by Gasteiger charge is -2.28. The molecule has 1 aliphatic heterocycles. The number of nitrogens with one attached hydrogen (secondary N) is 1. The third-order valence-corrected chi connectivity index (χ3v) is 7.04. The first kappa shape index (κ1) is 24.9. The summed E-state index contributed by atoms with van der Waals surface area (Å²) in [7, 11) is 3.69. The van der Waals surface area contributed by atoms with E-state index in [4.69, 9.17) is 4.74 Å². The molecule has 194 valence electrons. The van der Waals surface area contributed by atoms with E-state index in [2.05, 4.69) is 27.2 Å². The van der Waals surface area contributed by atoms with Gasteiger partial charge in [-0.1, -0.05) is 12.1 Å². The molecule has 37 heavy (non-hydrogen) atoms. The van der Waals surface area contributed by atoms with E-state index < -0.39 is 17.3 Å². The number of imidazole rings is 1. The lowest BCUT2D eigenvalue weighted by Crippen LogP contribution is -2.30. The standard InChI is InChI=1S/C27H30F2N6O2/c1-33-13-10-18(11-14-33)9-12-30-26-31-16-24-25(32-26)35(19-5-3-6-20(15-19)37-2)27(36)34(24)17-21-22(28)7-4-8-23(21)29/h3-8,15-16,18H,9-14,17H2,1-2H3,(H,30,31,32). The largest absolute Gasteiger partial charge is 0.497 e. The number of hydrogen-bond acceptors (Lipinski definition) is 6. The number of aromatic nitrogens is 4. The van der Waals surface area contributed by atoms with Crippen LogP contribution in [0.3, 0.4) is 0 Å². The highest BCUT2D eigenvalue weighted by atomic mass is 19.1. The molecule has 0 amide bonds. The molecule has 0 spiro atoms. The van der Waals surface area contributed by atoms with Crippen LogP contribution in [0.15, 0.2) is 53.5 Å². The predicted molar refractivity (Wildman–Crippen MR) is 138 cm³/mol. The van der Waals surface area contributed by atoms with Crippen LogP contribution in [-0.4, -0.2) is 57.8 Å². The average Bonchev–Trinajstić information content (AvgIpc) is 3.17. The smallest absolute Gasteiger partial charge is 0.335 e. The molecule has 10 heteroatoms. The van der Waals surface area contributed by atoms with Crippen molar-refractivity contribution in [2.24, 2.45) is 5.92 Å². The Morgan fingerprint density at radius 1 is 1.11 bits per heavy atom. The molecule has 2 aromatic heterocycles. The van der Waals surface area contributed by atoms with Gasteiger partial charge in [0.1, 0.15) is 22.9 Å². The molecule has 3 heterocycles. The van der Waals surface area contributed by atoms with Gasteiger partial charge in [-0.05, 0) is 69.6 Å². The van der Waals surface area contributed by atoms with Gasteiger partial charge in [-0.2, -0.15) is 4.98 Å². The SMILES string of the molecule is COc1cccc(-n2c(=O)n(Cc3c(F)cccc3F)c3cnc(NCCC4CCN(C)CC4)nc32)c1. The van der Waals surface area contributed by atoms with Gasteiger partial charge >= 0.3 is 5.69 Å². The lowest BCUT2D eigenvalue weighted by molar-refractivity contribution is 0.215. The lowest BCUT2D eigenvalue weighted by atomic mass is 9.94. The van der Waals surface area contributed by atoms with Crippen LogP contribution in [0.5, 0.6) is 5.75 Å². The number of halogens is 2. The van der Waals surface area contributed by atoms with E-state index in [1.54, 1.807) is 31.4 Å². The molecular weight excluding hydrogens is 478 g/mol. The molecule has 4 aromatic rings. The first-order valence-corrected chi connectivity index (χ1v) is 12.4. The zero-order valence-corrected chi connectivity index (χ0v) is 21.0. The number of ether oxygens (including phenoxy) is 1. The van der Waals surface area contributed by atoms with Gasteiger partial charge in [0.15, 0.2) is 5.65 Å². The second-order valence-corrected chi connectivity index (χ2v) is 9.47. The Balaban J connectivity index is 1.51. The Kier molecular flexibility index (Phi) is 7.18. The highest BCUT2D eigenvalue weighted by Gasteiger charge is 2.21. The Morgan fingerprint density at radius 2 is 1.84 bits per heavy atom. The van der Waals surface area contributed by atoms with Gasteiger partial charge in [-0.25, -0.2) is 23.1 Å². The van der Waals surface area contributed by atoms with Gasteiger partial charge in [0.25, 0.3) is 0 Å². The normalized spacial score (nSPS) is 14.8. The predicted octanol–water partition coefficient (Wildman–Crippen LogP) is 4.06. The van der Waals surface area contributed by atoms with E-state index in [9.17, 15) is 13.6 Å². The monoisotopic (exact) mass is 508 g/mol.